The molecule has 4 heterocycles. The van der Waals surface area contributed by atoms with Crippen molar-refractivity contribution in [1.82, 2.24) is 24.6 Å². The van der Waals surface area contributed by atoms with E-state index >= 15 is 0 Å². The number of ether oxygens (including phenoxy) is 1. The van der Waals surface area contributed by atoms with Crippen LogP contribution >= 0.6 is 0 Å². The van der Waals surface area contributed by atoms with Gasteiger partial charge in [-0.15, -0.1) is 0 Å². The number of carbonyl (C=O) groups excluding carboxylic acids is 2. The first kappa shape index (κ1) is 32.0. The number of likely N-dealkylation sites (tertiary alicyclic amines) is 1. The first-order valence-electron chi connectivity index (χ1n) is 15.0. The second kappa shape index (κ2) is 14.1. The van der Waals surface area contributed by atoms with E-state index in [4.69, 9.17) is 4.74 Å². The van der Waals surface area contributed by atoms with Gasteiger partial charge in [0, 0.05) is 36.3 Å². The van der Waals surface area contributed by atoms with E-state index in [0.29, 0.717) is 42.3 Å². The Kier molecular flexibility index (Phi) is 10.5. The number of methoxy groups -OCH3 is 1. The van der Waals surface area contributed by atoms with Gasteiger partial charge in [-0.3, -0.25) is 29.1 Å². The number of nitrogens with zero attached hydrogens (tertiary/aromatic N) is 5. The average molecular weight is 588 g/mol. The molecule has 2 N–H and O–H groups in total. The fraction of sp³-hybridized carbons (Fsp3) is 0.485. The van der Waals surface area contributed by atoms with Crippen LogP contribution in [0.25, 0.3) is 11.6 Å². The maximum atomic E-state index is 13.4. The van der Waals surface area contributed by atoms with Crippen molar-refractivity contribution in [2.75, 3.05) is 37.4 Å². The molecule has 10 nitrogen and oxygen atoms in total. The standard InChI is InChI=1S/C33H45N7O3/c1-8-22(2)29(27-18-36-40(20-27)12-13-43-7)15-25-14-26(17-34-23(25)3)32(42)38-30-16-28(19-35-24(30)4)37-31(41)21-39-11-9-10-33(39,5)6/h14-20,22H,8-13,21H2,1-7H3,(H,37,41)(H,38,42)/b29-15+. The summed E-state index contributed by atoms with van der Waals surface area (Å²) in [5, 5.41) is 10.4. The first-order valence-corrected chi connectivity index (χ1v) is 15.0. The highest BCUT2D eigenvalue weighted by Crippen LogP contribution is 2.30. The number of hydrogen-bond acceptors (Lipinski definition) is 7. The topological polar surface area (TPSA) is 114 Å². The molecule has 4 rings (SSSR count). The number of allylic oxidation sites excluding steroid dienone is 1. The normalized spacial score (nSPS) is 15.8. The van der Waals surface area contributed by atoms with Crippen molar-refractivity contribution >= 4 is 34.8 Å². The lowest BCUT2D eigenvalue weighted by molar-refractivity contribution is -0.118. The molecule has 2 amide bonds. The minimum absolute atomic E-state index is 0.0134. The molecule has 10 heteroatoms. The van der Waals surface area contributed by atoms with Gasteiger partial charge in [-0.1, -0.05) is 13.8 Å². The van der Waals surface area contributed by atoms with E-state index in [0.717, 1.165) is 48.2 Å². The van der Waals surface area contributed by atoms with E-state index in [9.17, 15) is 9.59 Å². The van der Waals surface area contributed by atoms with Crippen LogP contribution in [0, 0.1) is 19.8 Å². The van der Waals surface area contributed by atoms with E-state index in [1.54, 1.807) is 25.6 Å². The molecule has 1 atom stereocenters. The Balaban J connectivity index is 1.52. The number of carbonyl (C=O) groups is 2. The van der Waals surface area contributed by atoms with E-state index < -0.39 is 0 Å². The molecule has 0 spiro atoms. The predicted molar refractivity (Wildman–Crippen MR) is 171 cm³/mol. The molecule has 0 aromatic carbocycles. The molecular weight excluding hydrogens is 542 g/mol. The summed E-state index contributed by atoms with van der Waals surface area (Å²) in [4.78, 5) is 37.3. The molecule has 1 aliphatic heterocycles. The number of nitrogens with one attached hydrogen (secondary N) is 2. The van der Waals surface area contributed by atoms with Crippen LogP contribution in [0.1, 0.15) is 79.8 Å². The third-order valence-electron chi connectivity index (χ3n) is 8.36. The fourth-order valence-corrected chi connectivity index (χ4v) is 5.29. The number of rotatable bonds is 12. The van der Waals surface area contributed by atoms with Crippen molar-refractivity contribution in [2.24, 2.45) is 5.92 Å². The number of hydrogen-bond donors (Lipinski definition) is 2. The molecule has 43 heavy (non-hydrogen) atoms. The number of anilines is 2. The summed E-state index contributed by atoms with van der Waals surface area (Å²) in [6.45, 7) is 14.9. The highest BCUT2D eigenvalue weighted by atomic mass is 16.5. The second-order valence-electron chi connectivity index (χ2n) is 12.0. The van der Waals surface area contributed by atoms with E-state index in [-0.39, 0.29) is 23.3 Å². The van der Waals surface area contributed by atoms with Gasteiger partial charge in [-0.05, 0) is 88.8 Å². The van der Waals surface area contributed by atoms with E-state index in [2.05, 4.69) is 64.4 Å². The quantitative estimate of drug-likeness (QED) is 0.284. The Hall–Kier alpha value is -3.89. The number of aryl methyl sites for hydroxylation is 2. The Morgan fingerprint density at radius 1 is 1.09 bits per heavy atom. The summed E-state index contributed by atoms with van der Waals surface area (Å²) in [6, 6.07) is 3.61. The smallest absolute Gasteiger partial charge is 0.257 e. The molecule has 0 aliphatic carbocycles. The van der Waals surface area contributed by atoms with Gasteiger partial charge >= 0.3 is 0 Å². The Bertz CT molecular complexity index is 1480. The molecule has 1 fully saturated rings. The lowest BCUT2D eigenvalue weighted by Crippen LogP contribution is -2.42. The summed E-state index contributed by atoms with van der Waals surface area (Å²) in [6.07, 6.45) is 12.3. The lowest BCUT2D eigenvalue weighted by atomic mass is 9.91. The van der Waals surface area contributed by atoms with Crippen LogP contribution in [0.2, 0.25) is 0 Å². The molecule has 230 valence electrons. The second-order valence-corrected chi connectivity index (χ2v) is 12.0. The molecule has 1 aliphatic rings. The van der Waals surface area contributed by atoms with E-state index in [1.807, 2.05) is 37.0 Å². The SMILES string of the molecule is CCC(C)/C(=C\c1cc(C(=O)Nc2cc(NC(=O)CN3CCCC3(C)C)cnc2C)cnc1C)c1cnn(CCOC)c1. The monoisotopic (exact) mass is 587 g/mol. The molecule has 3 aromatic heterocycles. The third kappa shape index (κ3) is 8.14. The van der Waals surface area contributed by atoms with Gasteiger partial charge in [0.1, 0.15) is 0 Å². The Morgan fingerprint density at radius 3 is 2.56 bits per heavy atom. The molecule has 1 saturated heterocycles. The fourth-order valence-electron chi connectivity index (χ4n) is 5.29. The van der Waals surface area contributed by atoms with Crippen LogP contribution < -0.4 is 10.6 Å². The summed E-state index contributed by atoms with van der Waals surface area (Å²) < 4.78 is 7.07. The summed E-state index contributed by atoms with van der Waals surface area (Å²) in [7, 11) is 1.68. The van der Waals surface area contributed by atoms with Crippen LogP contribution in [-0.4, -0.2) is 68.8 Å². The highest BCUT2D eigenvalue weighted by molar-refractivity contribution is 6.05. The molecule has 0 bridgehead atoms. The summed E-state index contributed by atoms with van der Waals surface area (Å²) >= 11 is 0. The van der Waals surface area contributed by atoms with Crippen LogP contribution in [0.5, 0.6) is 0 Å². The van der Waals surface area contributed by atoms with Crippen molar-refractivity contribution in [1.29, 1.82) is 0 Å². The van der Waals surface area contributed by atoms with Crippen LogP contribution in [0.15, 0.2) is 36.9 Å². The number of amides is 2. The summed E-state index contributed by atoms with van der Waals surface area (Å²) in [5.74, 6) is -0.120. The van der Waals surface area contributed by atoms with Crippen LogP contribution in [-0.2, 0) is 16.1 Å². The number of aromatic nitrogens is 4. The Labute approximate surface area is 254 Å². The molecule has 0 radical (unpaired) electrons. The largest absolute Gasteiger partial charge is 0.383 e. The lowest BCUT2D eigenvalue weighted by Gasteiger charge is -2.30. The van der Waals surface area contributed by atoms with Crippen molar-refractivity contribution in [3.8, 4) is 0 Å². The number of pyridine rings is 2. The zero-order chi connectivity index (χ0) is 31.1. The highest BCUT2D eigenvalue weighted by Gasteiger charge is 2.32. The molecule has 3 aromatic rings. The summed E-state index contributed by atoms with van der Waals surface area (Å²) in [5.41, 5.74) is 6.03. The van der Waals surface area contributed by atoms with Crippen LogP contribution in [0.3, 0.4) is 0 Å². The minimum atomic E-state index is -0.299. The van der Waals surface area contributed by atoms with Gasteiger partial charge in [0.15, 0.2) is 0 Å². The molecule has 0 saturated carbocycles. The van der Waals surface area contributed by atoms with Gasteiger partial charge in [0.05, 0.1) is 54.7 Å². The zero-order valence-electron chi connectivity index (χ0n) is 26.5. The van der Waals surface area contributed by atoms with Gasteiger partial charge in [0.2, 0.25) is 5.91 Å². The first-order chi connectivity index (χ1) is 20.5. The van der Waals surface area contributed by atoms with Crippen molar-refractivity contribution in [3.05, 3.63) is 65.0 Å². The predicted octanol–water partition coefficient (Wildman–Crippen LogP) is 5.59. The molecular formula is C33H45N7O3. The third-order valence-corrected chi connectivity index (χ3v) is 8.36. The average Bonchev–Trinajstić information content (AvgIpc) is 3.58. The van der Waals surface area contributed by atoms with Gasteiger partial charge in [0.25, 0.3) is 5.91 Å². The maximum absolute atomic E-state index is 13.4. The van der Waals surface area contributed by atoms with Crippen molar-refractivity contribution in [3.63, 3.8) is 0 Å². The van der Waals surface area contributed by atoms with Gasteiger partial charge < -0.3 is 15.4 Å². The minimum Gasteiger partial charge on any atom is -0.383 e. The van der Waals surface area contributed by atoms with Gasteiger partial charge in [-0.2, -0.15) is 5.10 Å². The molecule has 1 unspecified atom stereocenters. The van der Waals surface area contributed by atoms with Gasteiger partial charge in [-0.25, -0.2) is 0 Å². The Morgan fingerprint density at radius 2 is 1.86 bits per heavy atom. The van der Waals surface area contributed by atoms with Crippen molar-refractivity contribution in [2.45, 2.75) is 72.9 Å². The maximum Gasteiger partial charge on any atom is 0.257 e. The van der Waals surface area contributed by atoms with Crippen molar-refractivity contribution < 1.29 is 14.3 Å². The van der Waals surface area contributed by atoms with Crippen LogP contribution in [0.4, 0.5) is 11.4 Å². The zero-order valence-corrected chi connectivity index (χ0v) is 26.5. The van der Waals surface area contributed by atoms with E-state index in [1.165, 1.54) is 0 Å².